The van der Waals surface area contributed by atoms with Crippen LogP contribution < -0.4 is 10.3 Å². The lowest BCUT2D eigenvalue weighted by atomic mass is 10.3. The molecule has 0 saturated heterocycles. The fourth-order valence-electron chi connectivity index (χ4n) is 2.13. The molecule has 2 aromatic heterocycles. The van der Waals surface area contributed by atoms with Crippen molar-refractivity contribution in [2.45, 2.75) is 25.3 Å². The van der Waals surface area contributed by atoms with Crippen molar-refractivity contribution < 1.29 is 4.74 Å². The van der Waals surface area contributed by atoms with E-state index in [9.17, 15) is 4.79 Å². The molecule has 20 heavy (non-hydrogen) atoms. The van der Waals surface area contributed by atoms with Gasteiger partial charge in [0.15, 0.2) is 0 Å². The standard InChI is InChI=1S/C14H14ClN3O2/c1-20-12-4-2-3-10(16-12)8-18-13(19)7-11(15)17-14(18)9-5-6-9/h2-4,7,9H,5-6,8H2,1H3. The zero-order valence-corrected chi connectivity index (χ0v) is 11.8. The fraction of sp³-hybridized carbons (Fsp3) is 0.357. The summed E-state index contributed by atoms with van der Waals surface area (Å²) < 4.78 is 6.74. The first-order valence-corrected chi connectivity index (χ1v) is 6.82. The molecule has 0 spiro atoms. The van der Waals surface area contributed by atoms with Gasteiger partial charge in [0.25, 0.3) is 5.56 Å². The van der Waals surface area contributed by atoms with Crippen LogP contribution in [-0.2, 0) is 6.54 Å². The summed E-state index contributed by atoms with van der Waals surface area (Å²) in [4.78, 5) is 20.8. The number of aromatic nitrogens is 3. The van der Waals surface area contributed by atoms with E-state index in [1.54, 1.807) is 17.7 Å². The Labute approximate surface area is 121 Å². The zero-order chi connectivity index (χ0) is 14.1. The maximum atomic E-state index is 12.1. The maximum Gasteiger partial charge on any atom is 0.255 e. The van der Waals surface area contributed by atoms with Crippen molar-refractivity contribution in [3.05, 3.63) is 51.3 Å². The molecular formula is C14H14ClN3O2. The van der Waals surface area contributed by atoms with Crippen LogP contribution in [0.3, 0.4) is 0 Å². The molecule has 104 valence electrons. The number of hydrogen-bond donors (Lipinski definition) is 0. The van der Waals surface area contributed by atoms with Crippen molar-refractivity contribution >= 4 is 11.6 Å². The van der Waals surface area contributed by atoms with Crippen LogP contribution in [0.25, 0.3) is 0 Å². The normalized spacial score (nSPS) is 14.3. The lowest BCUT2D eigenvalue weighted by molar-refractivity contribution is 0.395. The van der Waals surface area contributed by atoms with Gasteiger partial charge in [-0.15, -0.1) is 0 Å². The molecule has 2 aromatic rings. The summed E-state index contributed by atoms with van der Waals surface area (Å²) in [5, 5.41) is 0.256. The summed E-state index contributed by atoms with van der Waals surface area (Å²) in [7, 11) is 1.57. The second-order valence-electron chi connectivity index (χ2n) is 4.81. The van der Waals surface area contributed by atoms with Gasteiger partial charge in [0.05, 0.1) is 19.3 Å². The highest BCUT2D eigenvalue weighted by Crippen LogP contribution is 2.38. The van der Waals surface area contributed by atoms with Crippen molar-refractivity contribution in [1.82, 2.24) is 14.5 Å². The first-order chi connectivity index (χ1) is 9.67. The predicted molar refractivity (Wildman–Crippen MR) is 75.4 cm³/mol. The predicted octanol–water partition coefficient (Wildman–Crippen LogP) is 2.23. The third-order valence-corrected chi connectivity index (χ3v) is 3.45. The molecule has 5 nitrogen and oxygen atoms in total. The highest BCUT2D eigenvalue weighted by atomic mass is 35.5. The number of nitrogens with zero attached hydrogens (tertiary/aromatic N) is 3. The smallest absolute Gasteiger partial charge is 0.255 e. The van der Waals surface area contributed by atoms with Crippen molar-refractivity contribution in [3.8, 4) is 5.88 Å². The average molecular weight is 292 g/mol. The Morgan fingerprint density at radius 1 is 1.40 bits per heavy atom. The van der Waals surface area contributed by atoms with Crippen LogP contribution in [0.4, 0.5) is 0 Å². The lowest BCUT2D eigenvalue weighted by Gasteiger charge is -2.11. The lowest BCUT2D eigenvalue weighted by Crippen LogP contribution is -2.25. The van der Waals surface area contributed by atoms with Gasteiger partial charge in [-0.1, -0.05) is 17.7 Å². The van der Waals surface area contributed by atoms with E-state index in [0.29, 0.717) is 18.3 Å². The summed E-state index contributed by atoms with van der Waals surface area (Å²) in [6, 6.07) is 6.83. The Kier molecular flexibility index (Phi) is 3.44. The van der Waals surface area contributed by atoms with E-state index in [-0.39, 0.29) is 10.7 Å². The van der Waals surface area contributed by atoms with Crippen LogP contribution >= 0.6 is 11.6 Å². The van der Waals surface area contributed by atoms with Crippen LogP contribution in [0.15, 0.2) is 29.1 Å². The second-order valence-corrected chi connectivity index (χ2v) is 5.19. The van der Waals surface area contributed by atoms with E-state index in [1.807, 2.05) is 12.1 Å². The van der Waals surface area contributed by atoms with E-state index in [1.165, 1.54) is 6.07 Å². The summed E-state index contributed by atoms with van der Waals surface area (Å²) in [6.07, 6.45) is 2.11. The Hall–Kier alpha value is -1.88. The minimum atomic E-state index is -0.142. The van der Waals surface area contributed by atoms with Crippen molar-refractivity contribution in [1.29, 1.82) is 0 Å². The molecule has 0 aliphatic heterocycles. The molecule has 0 unspecified atom stereocenters. The zero-order valence-electron chi connectivity index (χ0n) is 11.0. The third-order valence-electron chi connectivity index (χ3n) is 3.26. The van der Waals surface area contributed by atoms with E-state index in [2.05, 4.69) is 9.97 Å². The van der Waals surface area contributed by atoms with E-state index in [4.69, 9.17) is 16.3 Å². The van der Waals surface area contributed by atoms with Crippen LogP contribution in [0.1, 0.15) is 30.3 Å². The summed E-state index contributed by atoms with van der Waals surface area (Å²) in [5.41, 5.74) is 0.619. The highest BCUT2D eigenvalue weighted by molar-refractivity contribution is 6.29. The van der Waals surface area contributed by atoms with Crippen LogP contribution in [0, 0.1) is 0 Å². The summed E-state index contributed by atoms with van der Waals surface area (Å²) in [6.45, 7) is 0.381. The molecule has 0 atom stereocenters. The Balaban J connectivity index is 1.99. The topological polar surface area (TPSA) is 57.0 Å². The largest absolute Gasteiger partial charge is 0.481 e. The number of pyridine rings is 1. The van der Waals surface area contributed by atoms with Crippen LogP contribution in [-0.4, -0.2) is 21.6 Å². The fourth-order valence-corrected chi connectivity index (χ4v) is 2.31. The van der Waals surface area contributed by atoms with Gasteiger partial charge in [-0.2, -0.15) is 0 Å². The molecule has 1 aliphatic carbocycles. The number of halogens is 1. The molecular weight excluding hydrogens is 278 g/mol. The number of rotatable bonds is 4. The highest BCUT2D eigenvalue weighted by Gasteiger charge is 2.29. The molecule has 0 amide bonds. The van der Waals surface area contributed by atoms with E-state index < -0.39 is 0 Å². The van der Waals surface area contributed by atoms with Gasteiger partial charge in [-0.05, 0) is 18.9 Å². The minimum absolute atomic E-state index is 0.142. The van der Waals surface area contributed by atoms with Crippen molar-refractivity contribution in [3.63, 3.8) is 0 Å². The molecule has 0 N–H and O–H groups in total. The molecule has 1 fully saturated rings. The first-order valence-electron chi connectivity index (χ1n) is 6.44. The molecule has 2 heterocycles. The van der Waals surface area contributed by atoms with Crippen LogP contribution in [0.2, 0.25) is 5.15 Å². The molecule has 0 aromatic carbocycles. The summed E-state index contributed by atoms with van der Waals surface area (Å²) >= 11 is 5.88. The van der Waals surface area contributed by atoms with Crippen molar-refractivity contribution in [2.24, 2.45) is 0 Å². The van der Waals surface area contributed by atoms with Crippen LogP contribution in [0.5, 0.6) is 5.88 Å². The molecule has 1 saturated carbocycles. The van der Waals surface area contributed by atoms with E-state index >= 15 is 0 Å². The Morgan fingerprint density at radius 2 is 2.20 bits per heavy atom. The van der Waals surface area contributed by atoms with Gasteiger partial charge in [-0.3, -0.25) is 9.36 Å². The SMILES string of the molecule is COc1cccc(Cn2c(C3CC3)nc(Cl)cc2=O)n1. The summed E-state index contributed by atoms with van der Waals surface area (Å²) in [5.74, 6) is 1.63. The Morgan fingerprint density at radius 3 is 2.90 bits per heavy atom. The van der Waals surface area contributed by atoms with Crippen molar-refractivity contribution in [2.75, 3.05) is 7.11 Å². The molecule has 6 heteroatoms. The Bertz CT molecular complexity index is 695. The molecule has 0 radical (unpaired) electrons. The second kappa shape index (κ2) is 5.25. The van der Waals surface area contributed by atoms with Gasteiger partial charge in [0.2, 0.25) is 5.88 Å². The van der Waals surface area contributed by atoms with Gasteiger partial charge in [0, 0.05) is 18.1 Å². The number of methoxy groups -OCH3 is 1. The van der Waals surface area contributed by atoms with Gasteiger partial charge >= 0.3 is 0 Å². The van der Waals surface area contributed by atoms with Gasteiger partial charge < -0.3 is 4.74 Å². The quantitative estimate of drug-likeness (QED) is 0.811. The van der Waals surface area contributed by atoms with Gasteiger partial charge in [0.1, 0.15) is 11.0 Å². The number of ether oxygens (including phenoxy) is 1. The first kappa shape index (κ1) is 13.1. The molecule has 1 aliphatic rings. The third kappa shape index (κ3) is 2.67. The molecule has 0 bridgehead atoms. The molecule has 3 rings (SSSR count). The number of hydrogen-bond acceptors (Lipinski definition) is 4. The average Bonchev–Trinajstić information content (AvgIpc) is 3.26. The van der Waals surface area contributed by atoms with Gasteiger partial charge in [-0.25, -0.2) is 9.97 Å². The monoisotopic (exact) mass is 291 g/mol. The minimum Gasteiger partial charge on any atom is -0.481 e. The maximum absolute atomic E-state index is 12.1. The van der Waals surface area contributed by atoms with E-state index in [0.717, 1.165) is 24.4 Å².